The molecule has 2 N–H and O–H groups in total. The van der Waals surface area contributed by atoms with E-state index < -0.39 is 11.7 Å². The van der Waals surface area contributed by atoms with E-state index in [0.717, 1.165) is 12.5 Å². The van der Waals surface area contributed by atoms with E-state index >= 15 is 0 Å². The van der Waals surface area contributed by atoms with Crippen molar-refractivity contribution in [1.82, 2.24) is 5.32 Å². The van der Waals surface area contributed by atoms with Crippen molar-refractivity contribution in [3.63, 3.8) is 0 Å². The van der Waals surface area contributed by atoms with Crippen molar-refractivity contribution in [2.45, 2.75) is 20.3 Å². The molecule has 0 bridgehead atoms. The molecule has 0 unspecified atom stereocenters. The Morgan fingerprint density at radius 3 is 2.80 bits per heavy atom. The van der Waals surface area contributed by atoms with Crippen LogP contribution in [0.25, 0.3) is 0 Å². The summed E-state index contributed by atoms with van der Waals surface area (Å²) in [6.45, 7) is 4.04. The zero-order valence-electron chi connectivity index (χ0n) is 8.80. The first-order valence-electron chi connectivity index (χ1n) is 4.83. The Morgan fingerprint density at radius 2 is 2.20 bits per heavy atom. The Bertz CT molecular complexity index is 377. The lowest BCUT2D eigenvalue weighted by atomic mass is 10.1. The molecular formula is C11H14FNO2. The van der Waals surface area contributed by atoms with Crippen LogP contribution in [0.4, 0.5) is 4.39 Å². The maximum Gasteiger partial charge on any atom is 0.254 e. The van der Waals surface area contributed by atoms with Gasteiger partial charge in [-0.3, -0.25) is 4.79 Å². The van der Waals surface area contributed by atoms with Crippen molar-refractivity contribution < 1.29 is 14.3 Å². The topological polar surface area (TPSA) is 49.3 Å². The third-order valence-corrected chi connectivity index (χ3v) is 2.07. The lowest BCUT2D eigenvalue weighted by Crippen LogP contribution is -2.25. The van der Waals surface area contributed by atoms with Crippen LogP contribution >= 0.6 is 0 Å². The number of amides is 1. The van der Waals surface area contributed by atoms with Crippen LogP contribution < -0.4 is 5.32 Å². The molecule has 1 amide bonds. The smallest absolute Gasteiger partial charge is 0.254 e. The molecule has 0 aliphatic heterocycles. The van der Waals surface area contributed by atoms with Gasteiger partial charge in [-0.15, -0.1) is 0 Å². The van der Waals surface area contributed by atoms with E-state index in [9.17, 15) is 14.3 Å². The van der Waals surface area contributed by atoms with E-state index in [1.807, 2.05) is 6.92 Å². The first-order valence-corrected chi connectivity index (χ1v) is 4.83. The highest BCUT2D eigenvalue weighted by Gasteiger charge is 2.13. The van der Waals surface area contributed by atoms with Crippen molar-refractivity contribution in [1.29, 1.82) is 0 Å². The second-order valence-electron chi connectivity index (χ2n) is 3.37. The maximum absolute atomic E-state index is 13.3. The summed E-state index contributed by atoms with van der Waals surface area (Å²) in [4.78, 5) is 11.5. The van der Waals surface area contributed by atoms with Crippen LogP contribution in [0.2, 0.25) is 0 Å². The van der Waals surface area contributed by atoms with Crippen LogP contribution in [0.1, 0.15) is 29.3 Å². The molecule has 0 saturated heterocycles. The van der Waals surface area contributed by atoms with E-state index in [4.69, 9.17) is 0 Å². The van der Waals surface area contributed by atoms with Crippen molar-refractivity contribution in [3.8, 4) is 5.75 Å². The quantitative estimate of drug-likeness (QED) is 0.803. The molecule has 0 heterocycles. The fourth-order valence-corrected chi connectivity index (χ4v) is 1.18. The minimum atomic E-state index is -0.702. The number of phenolic OH excluding ortho intramolecular Hbond substituents is 1. The Hall–Kier alpha value is -1.58. The average Bonchev–Trinajstić information content (AvgIpc) is 2.20. The molecule has 0 aromatic heterocycles. The summed E-state index contributed by atoms with van der Waals surface area (Å²) < 4.78 is 13.3. The van der Waals surface area contributed by atoms with Gasteiger partial charge in [-0.05, 0) is 25.0 Å². The predicted octanol–water partition coefficient (Wildman–Crippen LogP) is 1.98. The van der Waals surface area contributed by atoms with Crippen molar-refractivity contribution >= 4 is 5.91 Å². The Labute approximate surface area is 87.9 Å². The molecule has 0 atom stereocenters. The Kier molecular flexibility index (Phi) is 3.66. The van der Waals surface area contributed by atoms with Gasteiger partial charge < -0.3 is 10.4 Å². The average molecular weight is 211 g/mol. The van der Waals surface area contributed by atoms with E-state index in [2.05, 4.69) is 5.32 Å². The largest absolute Gasteiger partial charge is 0.508 e. The molecule has 0 radical (unpaired) electrons. The summed E-state index contributed by atoms with van der Waals surface area (Å²) in [7, 11) is 0. The number of carbonyl (C=O) groups excluding carboxylic acids is 1. The van der Waals surface area contributed by atoms with Gasteiger partial charge in [0, 0.05) is 12.6 Å². The van der Waals surface area contributed by atoms with Gasteiger partial charge in [0.25, 0.3) is 5.91 Å². The van der Waals surface area contributed by atoms with Crippen LogP contribution in [0.15, 0.2) is 12.1 Å². The highest BCUT2D eigenvalue weighted by Crippen LogP contribution is 2.20. The summed E-state index contributed by atoms with van der Waals surface area (Å²) >= 11 is 0. The van der Waals surface area contributed by atoms with Gasteiger partial charge in [-0.1, -0.05) is 6.92 Å². The number of aryl methyl sites for hydroxylation is 1. The highest BCUT2D eigenvalue weighted by atomic mass is 19.1. The number of carbonyl (C=O) groups is 1. The summed E-state index contributed by atoms with van der Waals surface area (Å²) in [5.41, 5.74) is 0.455. The molecule has 0 fully saturated rings. The number of hydrogen-bond acceptors (Lipinski definition) is 2. The second-order valence-corrected chi connectivity index (χ2v) is 3.37. The Morgan fingerprint density at radius 1 is 1.53 bits per heavy atom. The molecule has 4 heteroatoms. The predicted molar refractivity (Wildman–Crippen MR) is 55.4 cm³/mol. The molecule has 0 saturated carbocycles. The van der Waals surface area contributed by atoms with Gasteiger partial charge in [-0.2, -0.15) is 0 Å². The molecule has 0 aliphatic carbocycles. The first-order chi connectivity index (χ1) is 7.06. The summed E-state index contributed by atoms with van der Waals surface area (Å²) in [6.07, 6.45) is 0.796. The second kappa shape index (κ2) is 4.77. The van der Waals surface area contributed by atoms with Crippen molar-refractivity contribution in [2.75, 3.05) is 6.54 Å². The van der Waals surface area contributed by atoms with Crippen LogP contribution in [0.3, 0.4) is 0 Å². The summed E-state index contributed by atoms with van der Waals surface area (Å²) in [5, 5.41) is 11.8. The zero-order chi connectivity index (χ0) is 11.4. The monoisotopic (exact) mass is 211 g/mol. The normalized spacial score (nSPS) is 10.1. The van der Waals surface area contributed by atoms with Crippen LogP contribution in [-0.4, -0.2) is 17.6 Å². The van der Waals surface area contributed by atoms with Crippen LogP contribution in [-0.2, 0) is 0 Å². The molecule has 0 spiro atoms. The fraction of sp³-hybridized carbons (Fsp3) is 0.364. The van der Waals surface area contributed by atoms with Crippen molar-refractivity contribution in [3.05, 3.63) is 29.1 Å². The minimum absolute atomic E-state index is 0.0289. The molecule has 1 aromatic rings. The van der Waals surface area contributed by atoms with Gasteiger partial charge in [0.05, 0.1) is 5.56 Å². The lowest BCUT2D eigenvalue weighted by molar-refractivity contribution is 0.0949. The number of hydrogen-bond donors (Lipinski definition) is 2. The molecule has 1 rings (SSSR count). The van der Waals surface area contributed by atoms with Gasteiger partial charge >= 0.3 is 0 Å². The SMILES string of the molecule is CCCNC(=O)c1cc(C)c(O)cc1F. The number of aromatic hydroxyl groups is 1. The number of halogens is 1. The third-order valence-electron chi connectivity index (χ3n) is 2.07. The van der Waals surface area contributed by atoms with Crippen LogP contribution in [0.5, 0.6) is 5.75 Å². The molecule has 0 aliphatic rings. The fourth-order valence-electron chi connectivity index (χ4n) is 1.18. The van der Waals surface area contributed by atoms with E-state index in [0.29, 0.717) is 12.1 Å². The van der Waals surface area contributed by atoms with Gasteiger partial charge in [0.1, 0.15) is 11.6 Å². The minimum Gasteiger partial charge on any atom is -0.508 e. The number of rotatable bonds is 3. The number of phenols is 1. The molecule has 82 valence electrons. The zero-order valence-corrected chi connectivity index (χ0v) is 8.80. The van der Waals surface area contributed by atoms with E-state index in [1.165, 1.54) is 6.07 Å². The molecule has 1 aromatic carbocycles. The molecule has 3 nitrogen and oxygen atoms in total. The van der Waals surface area contributed by atoms with E-state index in [-0.39, 0.29) is 11.3 Å². The Balaban J connectivity index is 2.94. The van der Waals surface area contributed by atoms with E-state index in [1.54, 1.807) is 6.92 Å². The lowest BCUT2D eigenvalue weighted by Gasteiger charge is -2.06. The number of nitrogens with one attached hydrogen (secondary N) is 1. The summed E-state index contributed by atoms with van der Waals surface area (Å²) in [6, 6.07) is 2.30. The maximum atomic E-state index is 13.3. The molecular weight excluding hydrogens is 197 g/mol. The van der Waals surface area contributed by atoms with Gasteiger partial charge in [-0.25, -0.2) is 4.39 Å². The van der Waals surface area contributed by atoms with Crippen molar-refractivity contribution in [2.24, 2.45) is 0 Å². The highest BCUT2D eigenvalue weighted by molar-refractivity contribution is 5.94. The summed E-state index contributed by atoms with van der Waals surface area (Å²) in [5.74, 6) is -1.29. The molecule has 15 heavy (non-hydrogen) atoms. The number of benzene rings is 1. The van der Waals surface area contributed by atoms with Crippen LogP contribution in [0, 0.1) is 12.7 Å². The first kappa shape index (κ1) is 11.5. The van der Waals surface area contributed by atoms with Gasteiger partial charge in [0.15, 0.2) is 0 Å². The standard InChI is InChI=1S/C11H14FNO2/c1-3-4-13-11(15)8-5-7(2)10(14)6-9(8)12/h5-6,14H,3-4H2,1-2H3,(H,13,15). The third kappa shape index (κ3) is 2.68. The van der Waals surface area contributed by atoms with Gasteiger partial charge in [0.2, 0.25) is 0 Å².